The van der Waals surface area contributed by atoms with Gasteiger partial charge < -0.3 is 4.90 Å². The summed E-state index contributed by atoms with van der Waals surface area (Å²) in [7, 11) is -3.19. The minimum Gasteiger partial charge on any atom is -0.304 e. The van der Waals surface area contributed by atoms with E-state index in [9.17, 15) is 8.42 Å². The number of sulfonamides is 1. The number of hydrogen-bond acceptors (Lipinski definition) is 3. The molecule has 0 atom stereocenters. The topological polar surface area (TPSA) is 49.4 Å². The zero-order chi connectivity index (χ0) is 18.5. The van der Waals surface area contributed by atoms with Crippen molar-refractivity contribution in [2.45, 2.75) is 65.2 Å². The quantitative estimate of drug-likeness (QED) is 0.395. The van der Waals surface area contributed by atoms with Crippen LogP contribution in [0.3, 0.4) is 0 Å². The number of halogens is 1. The molecule has 1 rings (SSSR count). The van der Waals surface area contributed by atoms with Crippen LogP contribution in [0, 0.1) is 0 Å². The molecule has 1 aromatic carbocycles. The number of rotatable bonds is 14. The molecule has 0 saturated heterocycles. The first-order valence-corrected chi connectivity index (χ1v) is 11.6. The van der Waals surface area contributed by atoms with E-state index in [0.29, 0.717) is 5.69 Å². The molecule has 0 heterocycles. The lowest BCUT2D eigenvalue weighted by Crippen LogP contribution is -2.25. The van der Waals surface area contributed by atoms with Crippen molar-refractivity contribution < 1.29 is 8.42 Å². The molecule has 152 valence electrons. The molecule has 26 heavy (non-hydrogen) atoms. The summed E-state index contributed by atoms with van der Waals surface area (Å²) in [5.74, 6) is 0. The monoisotopic (exact) mass is 448 g/mol. The molecule has 0 amide bonds. The summed E-state index contributed by atoms with van der Waals surface area (Å²) < 4.78 is 24.9. The second kappa shape index (κ2) is 14.5. The van der Waals surface area contributed by atoms with E-state index < -0.39 is 10.0 Å². The Kier molecular flexibility index (Phi) is 14.1. The fourth-order valence-electron chi connectivity index (χ4n) is 2.99. The minimum atomic E-state index is -3.19. The van der Waals surface area contributed by atoms with E-state index in [1.165, 1.54) is 69.9 Å². The van der Waals surface area contributed by atoms with E-state index in [1.54, 1.807) is 0 Å². The zero-order valence-electron chi connectivity index (χ0n) is 16.7. The van der Waals surface area contributed by atoms with Crippen molar-refractivity contribution in [3.63, 3.8) is 0 Å². The average Bonchev–Trinajstić information content (AvgIpc) is 2.56. The molecule has 1 N–H and O–H groups in total. The fraction of sp³-hybridized carbons (Fsp3) is 0.700. The third kappa shape index (κ3) is 12.7. The van der Waals surface area contributed by atoms with Crippen LogP contribution >= 0.6 is 17.0 Å². The van der Waals surface area contributed by atoms with Gasteiger partial charge in [-0.1, -0.05) is 51.7 Å². The summed E-state index contributed by atoms with van der Waals surface area (Å²) in [5, 5.41) is 0. The lowest BCUT2D eigenvalue weighted by atomic mass is 10.1. The second-order valence-electron chi connectivity index (χ2n) is 6.88. The van der Waals surface area contributed by atoms with Crippen molar-refractivity contribution in [3.8, 4) is 0 Å². The van der Waals surface area contributed by atoms with Gasteiger partial charge in [0.15, 0.2) is 0 Å². The number of aryl methyl sites for hydroxylation is 1. The van der Waals surface area contributed by atoms with Gasteiger partial charge in [-0.05, 0) is 63.0 Å². The van der Waals surface area contributed by atoms with Crippen LogP contribution in [0.1, 0.15) is 64.4 Å². The molecular weight excluding hydrogens is 412 g/mol. The van der Waals surface area contributed by atoms with Crippen LogP contribution < -0.4 is 4.72 Å². The van der Waals surface area contributed by atoms with Crippen molar-refractivity contribution in [1.82, 2.24) is 4.90 Å². The van der Waals surface area contributed by atoms with E-state index >= 15 is 0 Å². The van der Waals surface area contributed by atoms with Gasteiger partial charge in [0.2, 0.25) is 10.0 Å². The normalized spacial score (nSPS) is 11.4. The number of benzene rings is 1. The van der Waals surface area contributed by atoms with E-state index in [2.05, 4.69) is 23.5 Å². The van der Waals surface area contributed by atoms with Gasteiger partial charge in [0.1, 0.15) is 0 Å². The predicted octanol–water partition coefficient (Wildman–Crippen LogP) is 5.25. The third-order valence-electron chi connectivity index (χ3n) is 4.47. The van der Waals surface area contributed by atoms with Crippen molar-refractivity contribution in [3.05, 3.63) is 29.8 Å². The van der Waals surface area contributed by atoms with Gasteiger partial charge >= 0.3 is 0 Å². The van der Waals surface area contributed by atoms with Gasteiger partial charge in [0, 0.05) is 5.69 Å². The number of anilines is 1. The molecule has 0 aliphatic heterocycles. The second-order valence-corrected chi connectivity index (χ2v) is 8.63. The maximum atomic E-state index is 11.2. The van der Waals surface area contributed by atoms with Crippen molar-refractivity contribution in [2.24, 2.45) is 0 Å². The summed E-state index contributed by atoms with van der Waals surface area (Å²) in [5.41, 5.74) is 1.90. The molecular formula is C20H37BrN2O2S. The average molecular weight is 449 g/mol. The number of nitrogens with zero attached hydrogens (tertiary/aromatic N) is 1. The third-order valence-corrected chi connectivity index (χ3v) is 5.08. The van der Waals surface area contributed by atoms with Gasteiger partial charge in [-0.25, -0.2) is 8.42 Å². The van der Waals surface area contributed by atoms with Crippen molar-refractivity contribution >= 4 is 32.7 Å². The van der Waals surface area contributed by atoms with E-state index in [0.717, 1.165) is 13.0 Å². The summed E-state index contributed by atoms with van der Waals surface area (Å²) in [6.07, 6.45) is 11.3. The van der Waals surface area contributed by atoms with Crippen LogP contribution in [-0.4, -0.2) is 39.2 Å². The molecule has 0 radical (unpaired) electrons. The Morgan fingerprint density at radius 1 is 0.885 bits per heavy atom. The number of nitrogens with one attached hydrogen (secondary N) is 1. The zero-order valence-corrected chi connectivity index (χ0v) is 19.2. The summed E-state index contributed by atoms with van der Waals surface area (Å²) in [4.78, 5) is 2.56. The SMILES string of the molecule is Br.CCCCCCCN(CC)CCCCc1ccc(NS(C)(=O)=O)cc1. The van der Waals surface area contributed by atoms with Crippen molar-refractivity contribution in [2.75, 3.05) is 30.6 Å². The first-order valence-electron chi connectivity index (χ1n) is 9.73. The maximum Gasteiger partial charge on any atom is 0.229 e. The molecule has 0 fully saturated rings. The molecule has 1 aromatic rings. The molecule has 0 aromatic heterocycles. The molecule has 0 aliphatic carbocycles. The van der Waals surface area contributed by atoms with Gasteiger partial charge in [0.05, 0.1) is 6.26 Å². The Morgan fingerprint density at radius 3 is 2.00 bits per heavy atom. The number of hydrogen-bond donors (Lipinski definition) is 1. The van der Waals surface area contributed by atoms with Crippen LogP contribution in [-0.2, 0) is 16.4 Å². The molecule has 0 aliphatic rings. The van der Waals surface area contributed by atoms with Crippen LogP contribution in [0.5, 0.6) is 0 Å². The molecule has 0 spiro atoms. The highest BCUT2D eigenvalue weighted by atomic mass is 79.9. The van der Waals surface area contributed by atoms with Gasteiger partial charge in [-0.3, -0.25) is 4.72 Å². The Balaban J connectivity index is 0.00000625. The Bertz CT molecular complexity index is 562. The smallest absolute Gasteiger partial charge is 0.229 e. The highest BCUT2D eigenvalue weighted by molar-refractivity contribution is 8.93. The Hall–Kier alpha value is -0.590. The largest absolute Gasteiger partial charge is 0.304 e. The maximum absolute atomic E-state index is 11.2. The molecule has 0 unspecified atom stereocenters. The predicted molar refractivity (Wildman–Crippen MR) is 119 cm³/mol. The van der Waals surface area contributed by atoms with Gasteiger partial charge in [-0.2, -0.15) is 0 Å². The number of unbranched alkanes of at least 4 members (excludes halogenated alkanes) is 5. The highest BCUT2D eigenvalue weighted by Crippen LogP contribution is 2.13. The van der Waals surface area contributed by atoms with Crippen LogP contribution in [0.25, 0.3) is 0 Å². The lowest BCUT2D eigenvalue weighted by molar-refractivity contribution is 0.275. The standard InChI is InChI=1S/C20H36N2O2S.BrH/c1-4-6-7-8-10-17-22(5-2)18-11-9-12-19-13-15-20(16-14-19)21-25(3,23)24;/h13-16,21H,4-12,17-18H2,1-3H3;1H. The fourth-order valence-corrected chi connectivity index (χ4v) is 3.55. The Labute approximate surface area is 171 Å². The van der Waals surface area contributed by atoms with Crippen LogP contribution in [0.4, 0.5) is 5.69 Å². The van der Waals surface area contributed by atoms with E-state index in [4.69, 9.17) is 0 Å². The van der Waals surface area contributed by atoms with E-state index in [1.807, 2.05) is 24.3 Å². The summed E-state index contributed by atoms with van der Waals surface area (Å²) in [6.45, 7) is 8.05. The van der Waals surface area contributed by atoms with Gasteiger partial charge in [-0.15, -0.1) is 17.0 Å². The molecule has 0 bridgehead atoms. The summed E-state index contributed by atoms with van der Waals surface area (Å²) in [6, 6.07) is 7.70. The Morgan fingerprint density at radius 2 is 1.46 bits per heavy atom. The first-order chi connectivity index (χ1) is 11.9. The van der Waals surface area contributed by atoms with Crippen molar-refractivity contribution in [1.29, 1.82) is 0 Å². The molecule has 4 nitrogen and oxygen atoms in total. The van der Waals surface area contributed by atoms with Gasteiger partial charge in [0.25, 0.3) is 0 Å². The molecule has 6 heteroatoms. The first kappa shape index (κ1) is 25.4. The minimum absolute atomic E-state index is 0. The molecule has 0 saturated carbocycles. The lowest BCUT2D eigenvalue weighted by Gasteiger charge is -2.20. The van der Waals surface area contributed by atoms with Crippen LogP contribution in [0.2, 0.25) is 0 Å². The summed E-state index contributed by atoms with van der Waals surface area (Å²) >= 11 is 0. The van der Waals surface area contributed by atoms with E-state index in [-0.39, 0.29) is 17.0 Å². The highest BCUT2D eigenvalue weighted by Gasteiger charge is 2.04. The van der Waals surface area contributed by atoms with Crippen LogP contribution in [0.15, 0.2) is 24.3 Å².